The van der Waals surface area contributed by atoms with Gasteiger partial charge in [0.05, 0.1) is 18.5 Å². The van der Waals surface area contributed by atoms with Gasteiger partial charge in [0, 0.05) is 13.2 Å². The zero-order chi connectivity index (χ0) is 18.2. The first-order chi connectivity index (χ1) is 12.8. The van der Waals surface area contributed by atoms with Gasteiger partial charge >= 0.3 is 0 Å². The summed E-state index contributed by atoms with van der Waals surface area (Å²) in [5.74, 6) is -0.253. The van der Waals surface area contributed by atoms with Crippen LogP contribution in [0.4, 0.5) is 0 Å². The maximum atomic E-state index is 12.4. The average molecular weight is 350 g/mol. The molecule has 3 aromatic rings. The normalized spacial score (nSPS) is 10.7. The number of hydrogen-bond donors (Lipinski definition) is 1. The Morgan fingerprint density at radius 2 is 1.81 bits per heavy atom. The van der Waals surface area contributed by atoms with Crippen molar-refractivity contribution in [2.45, 2.75) is 26.5 Å². The van der Waals surface area contributed by atoms with Crippen LogP contribution in [0.5, 0.6) is 0 Å². The van der Waals surface area contributed by atoms with E-state index in [1.165, 1.54) is 0 Å². The highest BCUT2D eigenvalue weighted by atomic mass is 16.5. The molecule has 0 aliphatic carbocycles. The van der Waals surface area contributed by atoms with Gasteiger partial charge < -0.3 is 10.1 Å². The monoisotopic (exact) mass is 350 g/mol. The van der Waals surface area contributed by atoms with Crippen LogP contribution in [-0.4, -0.2) is 27.5 Å². The van der Waals surface area contributed by atoms with Crippen LogP contribution in [0.25, 0.3) is 5.69 Å². The molecular formula is C20H22N4O2. The van der Waals surface area contributed by atoms with E-state index in [1.807, 2.05) is 54.6 Å². The van der Waals surface area contributed by atoms with Crippen LogP contribution < -0.4 is 5.32 Å². The van der Waals surface area contributed by atoms with E-state index in [1.54, 1.807) is 10.9 Å². The number of ether oxygens (including phenoxy) is 1. The number of carbonyl (C=O) groups excluding carboxylic acids is 1. The van der Waals surface area contributed by atoms with Gasteiger partial charge in [0.2, 0.25) is 0 Å². The Labute approximate surface area is 152 Å². The van der Waals surface area contributed by atoms with Crippen molar-refractivity contribution in [2.75, 3.05) is 6.61 Å². The zero-order valence-corrected chi connectivity index (χ0v) is 14.8. The Hall–Kier alpha value is -2.99. The van der Waals surface area contributed by atoms with Gasteiger partial charge in [-0.2, -0.15) is 0 Å². The standard InChI is InChI=1S/C20H22N4O2/c1-2-12-26-15-17-9-7-6-8-16(17)13-21-20(25)19-14-24(23-22-19)18-10-4-3-5-11-18/h3-11,14H,2,12-13,15H2,1H3,(H,21,25). The molecule has 6 nitrogen and oxygen atoms in total. The van der Waals surface area contributed by atoms with Crippen molar-refractivity contribution in [1.82, 2.24) is 20.3 Å². The second kappa shape index (κ2) is 8.92. The minimum Gasteiger partial charge on any atom is -0.377 e. The lowest BCUT2D eigenvalue weighted by molar-refractivity contribution is 0.0944. The summed E-state index contributed by atoms with van der Waals surface area (Å²) in [6, 6.07) is 17.5. The van der Waals surface area contributed by atoms with E-state index < -0.39 is 0 Å². The third-order valence-corrected chi connectivity index (χ3v) is 3.91. The van der Waals surface area contributed by atoms with Crippen LogP contribution in [0.15, 0.2) is 60.8 Å². The molecule has 1 N–H and O–H groups in total. The van der Waals surface area contributed by atoms with Crippen molar-refractivity contribution in [3.8, 4) is 5.69 Å². The molecule has 0 radical (unpaired) electrons. The Morgan fingerprint density at radius 3 is 2.58 bits per heavy atom. The fraction of sp³-hybridized carbons (Fsp3) is 0.250. The van der Waals surface area contributed by atoms with Crippen LogP contribution in [-0.2, 0) is 17.9 Å². The third-order valence-electron chi connectivity index (χ3n) is 3.91. The number of amides is 1. The van der Waals surface area contributed by atoms with Crippen LogP contribution >= 0.6 is 0 Å². The average Bonchev–Trinajstić information content (AvgIpc) is 3.18. The molecular weight excluding hydrogens is 328 g/mol. The van der Waals surface area contributed by atoms with Gasteiger partial charge in [-0.05, 0) is 29.7 Å². The number of rotatable bonds is 8. The van der Waals surface area contributed by atoms with E-state index in [0.29, 0.717) is 13.2 Å². The van der Waals surface area contributed by atoms with Gasteiger partial charge in [-0.15, -0.1) is 5.10 Å². The van der Waals surface area contributed by atoms with Crippen molar-refractivity contribution in [3.63, 3.8) is 0 Å². The molecule has 0 atom stereocenters. The zero-order valence-electron chi connectivity index (χ0n) is 14.8. The van der Waals surface area contributed by atoms with Crippen molar-refractivity contribution < 1.29 is 9.53 Å². The summed E-state index contributed by atoms with van der Waals surface area (Å²) in [7, 11) is 0. The van der Waals surface area contributed by atoms with Crippen LogP contribution in [0.3, 0.4) is 0 Å². The van der Waals surface area contributed by atoms with Crippen LogP contribution in [0.1, 0.15) is 35.0 Å². The number of hydrogen-bond acceptors (Lipinski definition) is 4. The summed E-state index contributed by atoms with van der Waals surface area (Å²) in [5, 5.41) is 10.9. The van der Waals surface area contributed by atoms with Crippen molar-refractivity contribution in [3.05, 3.63) is 77.6 Å². The lowest BCUT2D eigenvalue weighted by atomic mass is 10.1. The molecule has 26 heavy (non-hydrogen) atoms. The van der Waals surface area contributed by atoms with Crippen LogP contribution in [0.2, 0.25) is 0 Å². The quantitative estimate of drug-likeness (QED) is 0.634. The Balaban J connectivity index is 1.62. The highest BCUT2D eigenvalue weighted by molar-refractivity contribution is 5.91. The molecule has 3 rings (SSSR count). The predicted molar refractivity (Wildman–Crippen MR) is 98.9 cm³/mol. The summed E-state index contributed by atoms with van der Waals surface area (Å²) >= 11 is 0. The first kappa shape index (κ1) is 17.8. The Morgan fingerprint density at radius 1 is 1.08 bits per heavy atom. The van der Waals surface area contributed by atoms with E-state index in [-0.39, 0.29) is 11.6 Å². The van der Waals surface area contributed by atoms with Gasteiger partial charge in [-0.25, -0.2) is 4.68 Å². The molecule has 6 heteroatoms. The molecule has 0 bridgehead atoms. The molecule has 0 saturated carbocycles. The summed E-state index contributed by atoms with van der Waals surface area (Å²) in [5.41, 5.74) is 3.26. The number of nitrogens with zero attached hydrogens (tertiary/aromatic N) is 3. The second-order valence-electron chi connectivity index (χ2n) is 5.89. The van der Waals surface area contributed by atoms with Crippen molar-refractivity contribution >= 4 is 5.91 Å². The highest BCUT2D eigenvalue weighted by Crippen LogP contribution is 2.11. The fourth-order valence-electron chi connectivity index (χ4n) is 2.54. The lowest BCUT2D eigenvalue weighted by Gasteiger charge is -2.10. The van der Waals surface area contributed by atoms with E-state index in [4.69, 9.17) is 4.74 Å². The molecule has 0 aliphatic heterocycles. The van der Waals surface area contributed by atoms with E-state index in [9.17, 15) is 4.79 Å². The maximum absolute atomic E-state index is 12.4. The molecule has 1 heterocycles. The first-order valence-corrected chi connectivity index (χ1v) is 8.68. The third kappa shape index (κ3) is 4.55. The minimum atomic E-state index is -0.253. The van der Waals surface area contributed by atoms with Gasteiger partial charge in [0.15, 0.2) is 5.69 Å². The molecule has 0 aliphatic rings. The molecule has 0 unspecified atom stereocenters. The van der Waals surface area contributed by atoms with Gasteiger partial charge in [-0.1, -0.05) is 54.6 Å². The number of nitrogens with one attached hydrogen (secondary N) is 1. The Bertz CT molecular complexity index is 846. The second-order valence-corrected chi connectivity index (χ2v) is 5.89. The topological polar surface area (TPSA) is 69.0 Å². The molecule has 1 amide bonds. The van der Waals surface area contributed by atoms with Crippen molar-refractivity contribution in [1.29, 1.82) is 0 Å². The first-order valence-electron chi connectivity index (χ1n) is 8.68. The summed E-state index contributed by atoms with van der Waals surface area (Å²) in [4.78, 5) is 12.4. The SMILES string of the molecule is CCCOCc1ccccc1CNC(=O)c1cn(-c2ccccc2)nn1. The molecule has 2 aromatic carbocycles. The van der Waals surface area contributed by atoms with E-state index >= 15 is 0 Å². The number of para-hydroxylation sites is 1. The summed E-state index contributed by atoms with van der Waals surface area (Å²) < 4.78 is 7.20. The molecule has 0 spiro atoms. The van der Waals surface area contributed by atoms with E-state index in [0.717, 1.165) is 29.8 Å². The highest BCUT2D eigenvalue weighted by Gasteiger charge is 2.12. The summed E-state index contributed by atoms with van der Waals surface area (Å²) in [6.45, 7) is 3.77. The molecule has 0 fully saturated rings. The Kier molecular flexibility index (Phi) is 6.11. The maximum Gasteiger partial charge on any atom is 0.273 e. The van der Waals surface area contributed by atoms with Gasteiger partial charge in [0.25, 0.3) is 5.91 Å². The molecule has 1 aromatic heterocycles. The van der Waals surface area contributed by atoms with E-state index in [2.05, 4.69) is 22.6 Å². The largest absolute Gasteiger partial charge is 0.377 e. The van der Waals surface area contributed by atoms with Crippen LogP contribution in [0, 0.1) is 0 Å². The number of carbonyl (C=O) groups is 1. The summed E-state index contributed by atoms with van der Waals surface area (Å²) in [6.07, 6.45) is 2.61. The number of benzene rings is 2. The van der Waals surface area contributed by atoms with Crippen molar-refractivity contribution in [2.24, 2.45) is 0 Å². The fourth-order valence-corrected chi connectivity index (χ4v) is 2.54. The molecule has 0 saturated heterocycles. The van der Waals surface area contributed by atoms with Gasteiger partial charge in [0.1, 0.15) is 0 Å². The minimum absolute atomic E-state index is 0.253. The number of aromatic nitrogens is 3. The van der Waals surface area contributed by atoms with Gasteiger partial charge in [-0.3, -0.25) is 4.79 Å². The predicted octanol–water partition coefficient (Wildman–Crippen LogP) is 3.12. The smallest absolute Gasteiger partial charge is 0.273 e. The lowest BCUT2D eigenvalue weighted by Crippen LogP contribution is -2.23. The molecule has 134 valence electrons.